The molecule has 0 amide bonds. The molecular formula is C19H32N2. The lowest BCUT2D eigenvalue weighted by atomic mass is 10.0. The topological polar surface area (TPSA) is 15.3 Å². The molecule has 1 aliphatic rings. The summed E-state index contributed by atoms with van der Waals surface area (Å²) in [6, 6.07) is 12.3. The molecule has 1 heterocycles. The molecule has 2 rings (SSSR count). The van der Waals surface area contributed by atoms with Gasteiger partial charge >= 0.3 is 0 Å². The van der Waals surface area contributed by atoms with Gasteiger partial charge in [-0.05, 0) is 44.2 Å². The van der Waals surface area contributed by atoms with Gasteiger partial charge < -0.3 is 5.32 Å². The van der Waals surface area contributed by atoms with E-state index in [2.05, 4.69) is 54.4 Å². The van der Waals surface area contributed by atoms with Crippen LogP contribution in [0.25, 0.3) is 0 Å². The molecule has 1 N–H and O–H groups in total. The van der Waals surface area contributed by atoms with Crippen molar-refractivity contribution in [2.75, 3.05) is 19.6 Å². The Bertz CT molecular complexity index is 376. The van der Waals surface area contributed by atoms with E-state index in [4.69, 9.17) is 0 Å². The van der Waals surface area contributed by atoms with Gasteiger partial charge in [-0.15, -0.1) is 0 Å². The standard InChI is InChI=1S/C19H32N2/c1-3-10-18-16-21(19(4-2)15-20-18)14-9-8-13-17-11-6-5-7-12-17/h5-7,11-12,18-20H,3-4,8-10,13-16H2,1-2H3. The highest BCUT2D eigenvalue weighted by molar-refractivity contribution is 5.14. The zero-order valence-corrected chi connectivity index (χ0v) is 13.9. The summed E-state index contributed by atoms with van der Waals surface area (Å²) in [5.74, 6) is 0. The van der Waals surface area contributed by atoms with E-state index in [1.807, 2.05) is 0 Å². The highest BCUT2D eigenvalue weighted by atomic mass is 15.2. The SMILES string of the molecule is CCCC1CN(CCCCc2ccccc2)C(CC)CN1. The van der Waals surface area contributed by atoms with E-state index < -0.39 is 0 Å². The van der Waals surface area contributed by atoms with Crippen LogP contribution in [0.2, 0.25) is 0 Å². The van der Waals surface area contributed by atoms with Crippen molar-refractivity contribution in [2.45, 2.75) is 64.5 Å². The number of piperazine rings is 1. The van der Waals surface area contributed by atoms with Crippen LogP contribution in [0.3, 0.4) is 0 Å². The van der Waals surface area contributed by atoms with Crippen LogP contribution in [0.5, 0.6) is 0 Å². The minimum Gasteiger partial charge on any atom is -0.311 e. The number of nitrogens with zero attached hydrogens (tertiary/aromatic N) is 1. The third-order valence-corrected chi connectivity index (χ3v) is 4.73. The molecule has 0 aromatic heterocycles. The van der Waals surface area contributed by atoms with Crippen LogP contribution < -0.4 is 5.32 Å². The van der Waals surface area contributed by atoms with Crippen molar-refractivity contribution in [2.24, 2.45) is 0 Å². The van der Waals surface area contributed by atoms with Gasteiger partial charge in [0.05, 0.1) is 0 Å². The van der Waals surface area contributed by atoms with Crippen LogP contribution in [0.4, 0.5) is 0 Å². The van der Waals surface area contributed by atoms with Gasteiger partial charge in [-0.2, -0.15) is 0 Å². The Hall–Kier alpha value is -0.860. The van der Waals surface area contributed by atoms with Crippen molar-refractivity contribution in [1.82, 2.24) is 10.2 Å². The van der Waals surface area contributed by atoms with Crippen molar-refractivity contribution in [3.8, 4) is 0 Å². The van der Waals surface area contributed by atoms with E-state index in [1.165, 1.54) is 63.7 Å². The third kappa shape index (κ3) is 5.44. The first kappa shape index (κ1) is 16.5. The molecule has 1 aliphatic heterocycles. The molecule has 0 radical (unpaired) electrons. The number of benzene rings is 1. The van der Waals surface area contributed by atoms with Gasteiger partial charge in [0, 0.05) is 25.2 Å². The zero-order valence-electron chi connectivity index (χ0n) is 13.9. The molecular weight excluding hydrogens is 256 g/mol. The molecule has 0 bridgehead atoms. The fourth-order valence-corrected chi connectivity index (χ4v) is 3.44. The molecule has 1 fully saturated rings. The average Bonchev–Trinajstić information content (AvgIpc) is 2.53. The van der Waals surface area contributed by atoms with Crippen LogP contribution in [-0.2, 0) is 6.42 Å². The van der Waals surface area contributed by atoms with Crippen molar-refractivity contribution < 1.29 is 0 Å². The summed E-state index contributed by atoms with van der Waals surface area (Å²) in [6.07, 6.45) is 7.73. The summed E-state index contributed by atoms with van der Waals surface area (Å²) in [7, 11) is 0. The maximum absolute atomic E-state index is 3.73. The number of aryl methyl sites for hydroxylation is 1. The van der Waals surface area contributed by atoms with Gasteiger partial charge in [-0.25, -0.2) is 0 Å². The quantitative estimate of drug-likeness (QED) is 0.731. The lowest BCUT2D eigenvalue weighted by Crippen LogP contribution is -2.56. The number of hydrogen-bond donors (Lipinski definition) is 1. The summed E-state index contributed by atoms with van der Waals surface area (Å²) in [5.41, 5.74) is 1.48. The second kappa shape index (κ2) is 9.22. The van der Waals surface area contributed by atoms with Crippen molar-refractivity contribution in [1.29, 1.82) is 0 Å². The van der Waals surface area contributed by atoms with Crippen LogP contribution in [-0.4, -0.2) is 36.6 Å². The van der Waals surface area contributed by atoms with Crippen molar-refractivity contribution >= 4 is 0 Å². The van der Waals surface area contributed by atoms with Crippen molar-refractivity contribution in [3.63, 3.8) is 0 Å². The molecule has 0 aliphatic carbocycles. The van der Waals surface area contributed by atoms with Gasteiger partial charge in [0.15, 0.2) is 0 Å². The smallest absolute Gasteiger partial charge is 0.0218 e. The molecule has 2 atom stereocenters. The van der Waals surface area contributed by atoms with Crippen LogP contribution >= 0.6 is 0 Å². The van der Waals surface area contributed by atoms with Gasteiger partial charge in [0.1, 0.15) is 0 Å². The van der Waals surface area contributed by atoms with Gasteiger partial charge in [-0.1, -0.05) is 50.6 Å². The van der Waals surface area contributed by atoms with E-state index in [9.17, 15) is 0 Å². The van der Waals surface area contributed by atoms with E-state index in [1.54, 1.807) is 0 Å². The Morgan fingerprint density at radius 3 is 2.67 bits per heavy atom. The highest BCUT2D eigenvalue weighted by Crippen LogP contribution is 2.15. The molecule has 2 heteroatoms. The first-order valence-corrected chi connectivity index (χ1v) is 8.84. The number of nitrogens with one attached hydrogen (secondary N) is 1. The summed E-state index contributed by atoms with van der Waals surface area (Å²) < 4.78 is 0. The van der Waals surface area contributed by atoms with E-state index in [0.717, 1.165) is 6.04 Å². The number of hydrogen-bond acceptors (Lipinski definition) is 2. The van der Waals surface area contributed by atoms with Crippen LogP contribution in [0.15, 0.2) is 30.3 Å². The number of unbranched alkanes of at least 4 members (excludes halogenated alkanes) is 1. The fourth-order valence-electron chi connectivity index (χ4n) is 3.44. The normalized spacial score (nSPS) is 23.3. The molecule has 118 valence electrons. The van der Waals surface area contributed by atoms with E-state index in [-0.39, 0.29) is 0 Å². The van der Waals surface area contributed by atoms with E-state index in [0.29, 0.717) is 6.04 Å². The molecule has 0 spiro atoms. The van der Waals surface area contributed by atoms with E-state index >= 15 is 0 Å². The van der Waals surface area contributed by atoms with Crippen molar-refractivity contribution in [3.05, 3.63) is 35.9 Å². The molecule has 1 aromatic rings. The summed E-state index contributed by atoms with van der Waals surface area (Å²) in [4.78, 5) is 2.74. The Kier molecular flexibility index (Phi) is 7.25. The molecule has 2 unspecified atom stereocenters. The minimum absolute atomic E-state index is 0.715. The predicted octanol–water partition coefficient (Wildman–Crippen LogP) is 3.86. The Balaban J connectivity index is 1.71. The zero-order chi connectivity index (χ0) is 14.9. The monoisotopic (exact) mass is 288 g/mol. The van der Waals surface area contributed by atoms with Gasteiger partial charge in [-0.3, -0.25) is 4.90 Å². The Morgan fingerprint density at radius 1 is 1.14 bits per heavy atom. The second-order valence-corrected chi connectivity index (χ2v) is 6.39. The van der Waals surface area contributed by atoms with Gasteiger partial charge in [0.2, 0.25) is 0 Å². The maximum Gasteiger partial charge on any atom is 0.0218 e. The largest absolute Gasteiger partial charge is 0.311 e. The summed E-state index contributed by atoms with van der Waals surface area (Å²) >= 11 is 0. The van der Waals surface area contributed by atoms with Gasteiger partial charge in [0.25, 0.3) is 0 Å². The highest BCUT2D eigenvalue weighted by Gasteiger charge is 2.25. The predicted molar refractivity (Wildman–Crippen MR) is 91.7 cm³/mol. The fraction of sp³-hybridized carbons (Fsp3) is 0.684. The Morgan fingerprint density at radius 2 is 1.95 bits per heavy atom. The number of rotatable bonds is 8. The molecule has 1 aromatic carbocycles. The average molecular weight is 288 g/mol. The lowest BCUT2D eigenvalue weighted by Gasteiger charge is -2.40. The lowest BCUT2D eigenvalue weighted by molar-refractivity contribution is 0.121. The first-order chi connectivity index (χ1) is 10.3. The van der Waals surface area contributed by atoms with Crippen LogP contribution in [0.1, 0.15) is 51.5 Å². The second-order valence-electron chi connectivity index (χ2n) is 6.39. The molecule has 1 saturated heterocycles. The minimum atomic E-state index is 0.715. The summed E-state index contributed by atoms with van der Waals surface area (Å²) in [5, 5.41) is 3.73. The Labute approximate surface area is 130 Å². The first-order valence-electron chi connectivity index (χ1n) is 8.84. The molecule has 2 nitrogen and oxygen atoms in total. The molecule has 0 saturated carbocycles. The maximum atomic E-state index is 3.73. The summed E-state index contributed by atoms with van der Waals surface area (Å²) in [6.45, 7) is 8.31. The van der Waals surface area contributed by atoms with Crippen LogP contribution in [0, 0.1) is 0 Å². The third-order valence-electron chi connectivity index (χ3n) is 4.73. The molecule has 21 heavy (non-hydrogen) atoms.